The molecule has 8 heteroatoms. The molecule has 1 fully saturated rings. The molecular weight excluding hydrogens is 350 g/mol. The minimum atomic E-state index is -0.690. The van der Waals surface area contributed by atoms with Crippen molar-refractivity contribution in [1.29, 1.82) is 0 Å². The number of hydrogen-bond acceptors (Lipinski definition) is 6. The van der Waals surface area contributed by atoms with Gasteiger partial charge < -0.3 is 19.1 Å². The van der Waals surface area contributed by atoms with Crippen molar-refractivity contribution in [1.82, 2.24) is 0 Å². The third kappa shape index (κ3) is 3.53. The molecule has 2 heterocycles. The summed E-state index contributed by atoms with van der Waals surface area (Å²) >= 11 is 6.10. The molecule has 2 aliphatic heterocycles. The summed E-state index contributed by atoms with van der Waals surface area (Å²) in [5, 5.41) is 0.0512. The van der Waals surface area contributed by atoms with E-state index in [-0.39, 0.29) is 35.6 Å². The van der Waals surface area contributed by atoms with E-state index in [9.17, 15) is 14.4 Å². The predicted octanol–water partition coefficient (Wildman–Crippen LogP) is 2.20. The number of carbonyl (C=O) groups excluding carboxylic acids is 3. The number of carbonyl (C=O) groups is 3. The first-order valence-electron chi connectivity index (χ1n) is 8.04. The topological polar surface area (TPSA) is 82.1 Å². The third-order valence-electron chi connectivity index (χ3n) is 4.20. The first-order valence-corrected chi connectivity index (χ1v) is 8.42. The number of fused-ring (bicyclic) bond motifs is 1. The molecule has 1 amide bonds. The Morgan fingerprint density at radius 1 is 1.36 bits per heavy atom. The van der Waals surface area contributed by atoms with E-state index >= 15 is 0 Å². The number of ether oxygens (including phenoxy) is 3. The molecule has 0 N–H and O–H groups in total. The number of hydrogen-bond donors (Lipinski definition) is 0. The van der Waals surface area contributed by atoms with Crippen molar-refractivity contribution in [2.24, 2.45) is 0 Å². The molecule has 2 aliphatic rings. The fourth-order valence-electron chi connectivity index (χ4n) is 2.94. The molecule has 0 bridgehead atoms. The van der Waals surface area contributed by atoms with Crippen LogP contribution in [0.25, 0.3) is 0 Å². The maximum atomic E-state index is 12.3. The second-order valence-corrected chi connectivity index (χ2v) is 6.20. The Bertz CT molecular complexity index is 713. The van der Waals surface area contributed by atoms with Gasteiger partial charge in [0.2, 0.25) is 0 Å². The lowest BCUT2D eigenvalue weighted by molar-refractivity contribution is -0.160. The second-order valence-electron chi connectivity index (χ2n) is 5.80. The molecule has 0 spiro atoms. The monoisotopic (exact) mass is 367 g/mol. The first-order chi connectivity index (χ1) is 12.0. The van der Waals surface area contributed by atoms with Crippen molar-refractivity contribution >= 4 is 34.9 Å². The summed E-state index contributed by atoms with van der Waals surface area (Å²) in [6, 6.07) is 2.76. The molecule has 3 rings (SSSR count). The molecule has 1 aromatic carbocycles. The summed E-state index contributed by atoms with van der Waals surface area (Å²) in [6.07, 6.45) is 2.57. The SMILES string of the molecule is COC(=O)c1cc(Cl)c2c(c1)N(CCOC1CCCCO1)C(=O)C2=O. The third-order valence-corrected chi connectivity index (χ3v) is 4.50. The minimum absolute atomic E-state index is 0.0512. The number of Topliss-reactive ketones (excluding diaryl/α,β-unsaturated/α-hetero) is 1. The highest BCUT2D eigenvalue weighted by Gasteiger charge is 2.38. The van der Waals surface area contributed by atoms with Crippen molar-refractivity contribution < 1.29 is 28.6 Å². The van der Waals surface area contributed by atoms with Crippen LogP contribution in [0.1, 0.15) is 40.0 Å². The van der Waals surface area contributed by atoms with Crippen LogP contribution in [0.3, 0.4) is 0 Å². The lowest BCUT2D eigenvalue weighted by Crippen LogP contribution is -2.34. The Morgan fingerprint density at radius 2 is 2.16 bits per heavy atom. The molecule has 1 saturated heterocycles. The van der Waals surface area contributed by atoms with Crippen molar-refractivity contribution in [3.05, 3.63) is 28.3 Å². The molecule has 0 aromatic heterocycles. The van der Waals surface area contributed by atoms with E-state index in [0.29, 0.717) is 12.3 Å². The van der Waals surface area contributed by atoms with Crippen LogP contribution in [0.5, 0.6) is 0 Å². The maximum Gasteiger partial charge on any atom is 0.337 e. The molecule has 1 unspecified atom stereocenters. The largest absolute Gasteiger partial charge is 0.465 e. The zero-order valence-electron chi connectivity index (χ0n) is 13.7. The molecule has 1 atom stereocenters. The average molecular weight is 368 g/mol. The van der Waals surface area contributed by atoms with Crippen LogP contribution in [0.15, 0.2) is 12.1 Å². The Morgan fingerprint density at radius 3 is 2.84 bits per heavy atom. The number of nitrogens with zero attached hydrogens (tertiary/aromatic N) is 1. The molecule has 134 valence electrons. The van der Waals surface area contributed by atoms with E-state index < -0.39 is 17.7 Å². The van der Waals surface area contributed by atoms with Gasteiger partial charge in [-0.3, -0.25) is 9.59 Å². The molecule has 1 aromatic rings. The van der Waals surface area contributed by atoms with E-state index in [0.717, 1.165) is 19.3 Å². The zero-order chi connectivity index (χ0) is 18.0. The molecule has 0 saturated carbocycles. The summed E-state index contributed by atoms with van der Waals surface area (Å²) in [6.45, 7) is 1.04. The number of anilines is 1. The molecule has 7 nitrogen and oxygen atoms in total. The number of amides is 1. The summed E-state index contributed by atoms with van der Waals surface area (Å²) in [5.41, 5.74) is 0.583. The summed E-state index contributed by atoms with van der Waals surface area (Å²) in [4.78, 5) is 37.5. The van der Waals surface area contributed by atoms with Gasteiger partial charge in [-0.05, 0) is 31.4 Å². The number of halogens is 1. The van der Waals surface area contributed by atoms with E-state index in [1.54, 1.807) is 0 Å². The molecule has 0 aliphatic carbocycles. The maximum absolute atomic E-state index is 12.3. The quantitative estimate of drug-likeness (QED) is 0.586. The molecular formula is C17H18ClNO6. The van der Waals surface area contributed by atoms with Gasteiger partial charge in [0.1, 0.15) is 0 Å². The van der Waals surface area contributed by atoms with Crippen LogP contribution in [-0.2, 0) is 19.0 Å². The van der Waals surface area contributed by atoms with Gasteiger partial charge in [-0.15, -0.1) is 0 Å². The van der Waals surface area contributed by atoms with Crippen LogP contribution in [0.4, 0.5) is 5.69 Å². The number of benzene rings is 1. The standard InChI is InChI=1S/C17H18ClNO6/c1-23-17(22)10-8-11(18)14-12(9-10)19(16(21)15(14)20)5-7-25-13-4-2-3-6-24-13/h8-9,13H,2-7H2,1H3. The molecule has 0 radical (unpaired) electrons. The summed E-state index contributed by atoms with van der Waals surface area (Å²) in [5.74, 6) is -1.97. The van der Waals surface area contributed by atoms with Gasteiger partial charge in [0, 0.05) is 13.2 Å². The van der Waals surface area contributed by atoms with Gasteiger partial charge >= 0.3 is 5.97 Å². The van der Waals surface area contributed by atoms with Gasteiger partial charge in [0.25, 0.3) is 11.7 Å². The van der Waals surface area contributed by atoms with Crippen molar-refractivity contribution in [2.75, 3.05) is 31.8 Å². The summed E-state index contributed by atoms with van der Waals surface area (Å²) < 4.78 is 15.8. The van der Waals surface area contributed by atoms with Gasteiger partial charge in [0.15, 0.2) is 6.29 Å². The Balaban J connectivity index is 1.77. The van der Waals surface area contributed by atoms with E-state index in [4.69, 9.17) is 21.1 Å². The van der Waals surface area contributed by atoms with Crippen LogP contribution < -0.4 is 4.90 Å². The number of methoxy groups -OCH3 is 1. The highest BCUT2D eigenvalue weighted by atomic mass is 35.5. The smallest absolute Gasteiger partial charge is 0.337 e. The fourth-order valence-corrected chi connectivity index (χ4v) is 3.24. The minimum Gasteiger partial charge on any atom is -0.465 e. The Labute approximate surface area is 149 Å². The summed E-state index contributed by atoms with van der Waals surface area (Å²) in [7, 11) is 1.25. The van der Waals surface area contributed by atoms with Crippen LogP contribution in [0, 0.1) is 0 Å². The average Bonchev–Trinajstić information content (AvgIpc) is 2.87. The van der Waals surface area contributed by atoms with E-state index in [2.05, 4.69) is 4.74 Å². The normalized spacial score (nSPS) is 19.9. The van der Waals surface area contributed by atoms with E-state index in [1.165, 1.54) is 24.1 Å². The Hall–Kier alpha value is -1.96. The number of ketones is 1. The second kappa shape index (κ2) is 7.51. The predicted molar refractivity (Wildman–Crippen MR) is 89.0 cm³/mol. The number of esters is 1. The van der Waals surface area contributed by atoms with Crippen molar-refractivity contribution in [3.63, 3.8) is 0 Å². The highest BCUT2D eigenvalue weighted by molar-refractivity contribution is 6.55. The van der Waals surface area contributed by atoms with Crippen molar-refractivity contribution in [2.45, 2.75) is 25.6 Å². The number of rotatable bonds is 5. The van der Waals surface area contributed by atoms with Gasteiger partial charge in [-0.2, -0.15) is 0 Å². The van der Waals surface area contributed by atoms with Crippen molar-refractivity contribution in [3.8, 4) is 0 Å². The van der Waals surface area contributed by atoms with Gasteiger partial charge in [-0.1, -0.05) is 11.6 Å². The van der Waals surface area contributed by atoms with Crippen LogP contribution >= 0.6 is 11.6 Å². The Kier molecular flexibility index (Phi) is 5.36. The van der Waals surface area contributed by atoms with Crippen LogP contribution in [0.2, 0.25) is 5.02 Å². The lowest BCUT2D eigenvalue weighted by Gasteiger charge is -2.24. The lowest BCUT2D eigenvalue weighted by atomic mass is 10.1. The fraction of sp³-hybridized carbons (Fsp3) is 0.471. The molecule has 25 heavy (non-hydrogen) atoms. The zero-order valence-corrected chi connectivity index (χ0v) is 14.5. The van der Waals surface area contributed by atoms with Crippen LogP contribution in [-0.4, -0.2) is 50.8 Å². The van der Waals surface area contributed by atoms with E-state index in [1.807, 2.05) is 0 Å². The van der Waals surface area contributed by atoms with Gasteiger partial charge in [-0.25, -0.2) is 4.79 Å². The highest BCUT2D eigenvalue weighted by Crippen LogP contribution is 2.35. The van der Waals surface area contributed by atoms with Gasteiger partial charge in [0.05, 0.1) is 35.6 Å². The first kappa shape index (κ1) is 17.8.